The first-order valence-corrected chi connectivity index (χ1v) is 8.10. The number of carbonyl (C=O) groups is 1. The van der Waals surface area contributed by atoms with Crippen LogP contribution in [0.2, 0.25) is 0 Å². The summed E-state index contributed by atoms with van der Waals surface area (Å²) in [6.07, 6.45) is 2.03. The van der Waals surface area contributed by atoms with E-state index < -0.39 is 26.4 Å². The zero-order valence-corrected chi connectivity index (χ0v) is 12.0. The van der Waals surface area contributed by atoms with Crippen LogP contribution in [0.1, 0.15) is 19.3 Å². The summed E-state index contributed by atoms with van der Waals surface area (Å²) in [5, 5.41) is 5.54. The van der Waals surface area contributed by atoms with Crippen molar-refractivity contribution in [1.82, 2.24) is 5.32 Å². The molecule has 5 nitrogen and oxygen atoms in total. The molecule has 1 aromatic rings. The number of alkyl halides is 2. The van der Waals surface area contributed by atoms with Crippen LogP contribution >= 0.6 is 0 Å². The van der Waals surface area contributed by atoms with Gasteiger partial charge in [-0.2, -0.15) is 8.78 Å². The smallest absolute Gasteiger partial charge is 0.325 e. The summed E-state index contributed by atoms with van der Waals surface area (Å²) in [5.41, 5.74) is -0.110. The molecule has 2 N–H and O–H groups in total. The van der Waals surface area contributed by atoms with E-state index in [4.69, 9.17) is 0 Å². The summed E-state index contributed by atoms with van der Waals surface area (Å²) in [4.78, 5) is 11.3. The molecule has 116 valence electrons. The maximum atomic E-state index is 12.6. The highest BCUT2D eigenvalue weighted by atomic mass is 32.2. The summed E-state index contributed by atoms with van der Waals surface area (Å²) >= 11 is 0. The van der Waals surface area contributed by atoms with Crippen LogP contribution in [0.25, 0.3) is 0 Å². The Kier molecular flexibility index (Phi) is 4.89. The van der Waals surface area contributed by atoms with Gasteiger partial charge in [0.05, 0.1) is 10.6 Å². The van der Waals surface area contributed by atoms with Gasteiger partial charge in [-0.3, -0.25) is 4.79 Å². The predicted molar refractivity (Wildman–Crippen MR) is 73.9 cm³/mol. The van der Waals surface area contributed by atoms with Gasteiger partial charge in [0.15, 0.2) is 0 Å². The lowest BCUT2D eigenvalue weighted by atomic mass is 10.1. The Balaban J connectivity index is 2.15. The number of rotatable bonds is 5. The molecule has 0 spiro atoms. The first kappa shape index (κ1) is 15.8. The number of carbonyl (C=O) groups excluding carboxylic acids is 1. The molecule has 0 radical (unpaired) electrons. The van der Waals surface area contributed by atoms with Gasteiger partial charge in [-0.15, -0.1) is 0 Å². The molecule has 2 rings (SSSR count). The second-order valence-electron chi connectivity index (χ2n) is 4.85. The molecule has 1 unspecified atom stereocenters. The number of anilines is 1. The van der Waals surface area contributed by atoms with Crippen molar-refractivity contribution >= 4 is 21.4 Å². The second-order valence-corrected chi connectivity index (χ2v) is 6.73. The van der Waals surface area contributed by atoms with Gasteiger partial charge in [-0.05, 0) is 31.5 Å². The second kappa shape index (κ2) is 6.48. The van der Waals surface area contributed by atoms with Crippen LogP contribution in [0.3, 0.4) is 0 Å². The Morgan fingerprint density at radius 2 is 2.10 bits per heavy atom. The van der Waals surface area contributed by atoms with Crippen LogP contribution in [-0.4, -0.2) is 32.7 Å². The van der Waals surface area contributed by atoms with Crippen molar-refractivity contribution in [2.75, 3.05) is 11.9 Å². The lowest BCUT2D eigenvalue weighted by Crippen LogP contribution is -2.28. The minimum Gasteiger partial charge on any atom is -0.325 e. The summed E-state index contributed by atoms with van der Waals surface area (Å²) in [6, 6.07) is 5.22. The maximum absolute atomic E-state index is 12.6. The molecule has 1 saturated heterocycles. The molecule has 1 aliphatic rings. The van der Waals surface area contributed by atoms with E-state index in [2.05, 4.69) is 10.6 Å². The molecule has 21 heavy (non-hydrogen) atoms. The van der Waals surface area contributed by atoms with Gasteiger partial charge in [-0.25, -0.2) is 8.42 Å². The number of para-hydroxylation sites is 1. The maximum Gasteiger partial charge on any atom is 0.341 e. The third-order valence-corrected chi connectivity index (χ3v) is 4.73. The molecule has 8 heteroatoms. The fourth-order valence-corrected chi connectivity index (χ4v) is 3.16. The topological polar surface area (TPSA) is 75.3 Å². The molecule has 1 fully saturated rings. The lowest BCUT2D eigenvalue weighted by molar-refractivity contribution is -0.116. The zero-order valence-electron chi connectivity index (χ0n) is 11.2. The molecule has 0 saturated carbocycles. The van der Waals surface area contributed by atoms with Gasteiger partial charge in [0.1, 0.15) is 0 Å². The van der Waals surface area contributed by atoms with E-state index in [9.17, 15) is 22.0 Å². The quantitative estimate of drug-likeness (QED) is 0.867. The van der Waals surface area contributed by atoms with E-state index in [1.807, 2.05) is 0 Å². The number of hydrogen-bond donors (Lipinski definition) is 2. The highest BCUT2D eigenvalue weighted by Crippen LogP contribution is 2.26. The highest BCUT2D eigenvalue weighted by molar-refractivity contribution is 7.91. The number of benzene rings is 1. The Hall–Kier alpha value is -1.54. The molecule has 0 aromatic heterocycles. The van der Waals surface area contributed by atoms with Crippen LogP contribution in [-0.2, 0) is 14.6 Å². The zero-order chi connectivity index (χ0) is 15.5. The van der Waals surface area contributed by atoms with Gasteiger partial charge in [0, 0.05) is 12.5 Å². The lowest BCUT2D eigenvalue weighted by Gasteiger charge is -2.13. The fourth-order valence-electron chi connectivity index (χ4n) is 2.27. The van der Waals surface area contributed by atoms with E-state index in [-0.39, 0.29) is 18.2 Å². The molecule has 1 heterocycles. The average Bonchev–Trinajstić information content (AvgIpc) is 2.91. The largest absolute Gasteiger partial charge is 0.341 e. The minimum absolute atomic E-state index is 0.0452. The van der Waals surface area contributed by atoms with Crippen molar-refractivity contribution in [3.05, 3.63) is 24.3 Å². The van der Waals surface area contributed by atoms with E-state index in [0.29, 0.717) is 0 Å². The van der Waals surface area contributed by atoms with Crippen molar-refractivity contribution in [3.8, 4) is 0 Å². The number of sulfone groups is 1. The molecule has 1 atom stereocenters. The SMILES string of the molecule is O=C(CC1CCCN1)Nc1ccccc1S(=O)(=O)C(F)F. The Labute approximate surface area is 121 Å². The Bertz CT molecular complexity index is 614. The van der Waals surface area contributed by atoms with Crippen molar-refractivity contribution in [2.24, 2.45) is 0 Å². The monoisotopic (exact) mass is 318 g/mol. The summed E-state index contributed by atoms with van der Waals surface area (Å²) in [6.45, 7) is 0.842. The van der Waals surface area contributed by atoms with Crippen LogP contribution in [0.15, 0.2) is 29.2 Å². The Morgan fingerprint density at radius 3 is 2.71 bits per heavy atom. The molecular weight excluding hydrogens is 302 g/mol. The molecule has 1 amide bonds. The van der Waals surface area contributed by atoms with Crippen LogP contribution in [0, 0.1) is 0 Å². The van der Waals surface area contributed by atoms with E-state index in [1.54, 1.807) is 0 Å². The molecule has 0 bridgehead atoms. The van der Waals surface area contributed by atoms with Crippen LogP contribution in [0.4, 0.5) is 14.5 Å². The van der Waals surface area contributed by atoms with Gasteiger partial charge < -0.3 is 10.6 Å². The standard InChI is InChI=1S/C13H16F2N2O3S/c14-13(15)21(19,20)11-6-2-1-5-10(11)17-12(18)8-9-4-3-7-16-9/h1-2,5-6,9,13,16H,3-4,7-8H2,(H,17,18). The van der Waals surface area contributed by atoms with Gasteiger partial charge >= 0.3 is 5.76 Å². The van der Waals surface area contributed by atoms with Crippen LogP contribution in [0.5, 0.6) is 0 Å². The van der Waals surface area contributed by atoms with Crippen molar-refractivity contribution in [1.29, 1.82) is 0 Å². The number of nitrogens with one attached hydrogen (secondary N) is 2. The van der Waals surface area contributed by atoms with E-state index in [0.717, 1.165) is 25.5 Å². The fraction of sp³-hybridized carbons (Fsp3) is 0.462. The van der Waals surface area contributed by atoms with E-state index >= 15 is 0 Å². The molecule has 0 aliphatic carbocycles. The van der Waals surface area contributed by atoms with Crippen molar-refractivity contribution in [3.63, 3.8) is 0 Å². The minimum atomic E-state index is -4.74. The molecule has 1 aliphatic heterocycles. The summed E-state index contributed by atoms with van der Waals surface area (Å²) in [7, 11) is -4.74. The number of hydrogen-bond acceptors (Lipinski definition) is 4. The first-order valence-electron chi connectivity index (χ1n) is 6.55. The normalized spacial score (nSPS) is 18.9. The molecular formula is C13H16F2N2O3S. The van der Waals surface area contributed by atoms with Crippen molar-refractivity contribution in [2.45, 2.75) is 36.0 Å². The highest BCUT2D eigenvalue weighted by Gasteiger charge is 2.29. The van der Waals surface area contributed by atoms with Crippen molar-refractivity contribution < 1.29 is 22.0 Å². The van der Waals surface area contributed by atoms with E-state index in [1.165, 1.54) is 18.2 Å². The van der Waals surface area contributed by atoms with Gasteiger partial charge in [0.2, 0.25) is 15.7 Å². The number of amides is 1. The molecule has 1 aromatic carbocycles. The Morgan fingerprint density at radius 1 is 1.38 bits per heavy atom. The third kappa shape index (κ3) is 3.76. The van der Waals surface area contributed by atoms with Gasteiger partial charge in [0.25, 0.3) is 0 Å². The third-order valence-electron chi connectivity index (χ3n) is 3.30. The number of halogens is 2. The summed E-state index contributed by atoms with van der Waals surface area (Å²) in [5.74, 6) is -3.92. The predicted octanol–water partition coefficient (Wildman–Crippen LogP) is 1.76. The average molecular weight is 318 g/mol. The van der Waals surface area contributed by atoms with Crippen LogP contribution < -0.4 is 10.6 Å². The summed E-state index contributed by atoms with van der Waals surface area (Å²) < 4.78 is 48.4. The van der Waals surface area contributed by atoms with Gasteiger partial charge in [-0.1, -0.05) is 12.1 Å². The first-order chi connectivity index (χ1) is 9.91.